The van der Waals surface area contributed by atoms with Crippen LogP contribution in [0.5, 0.6) is 11.5 Å². The van der Waals surface area contributed by atoms with Gasteiger partial charge in [-0.25, -0.2) is 8.42 Å². The zero-order valence-corrected chi connectivity index (χ0v) is 16.9. The number of fused-ring (bicyclic) bond motifs is 1. The van der Waals surface area contributed by atoms with Crippen molar-refractivity contribution in [2.45, 2.75) is 25.8 Å². The van der Waals surface area contributed by atoms with Crippen LogP contribution in [0.2, 0.25) is 5.02 Å². The Bertz CT molecular complexity index is 753. The molecule has 1 atom stereocenters. The fourth-order valence-electron chi connectivity index (χ4n) is 2.52. The number of guanidine groups is 1. The first-order valence-corrected chi connectivity index (χ1v) is 11.0. The zero-order valence-electron chi connectivity index (χ0n) is 15.3. The summed E-state index contributed by atoms with van der Waals surface area (Å²) in [6.45, 7) is 3.60. The summed E-state index contributed by atoms with van der Waals surface area (Å²) in [5.41, 5.74) is 1.03. The highest BCUT2D eigenvalue weighted by Crippen LogP contribution is 2.38. The molecule has 1 aliphatic heterocycles. The molecule has 0 saturated carbocycles. The molecular formula is C17H26ClN3O4S. The predicted octanol–water partition coefficient (Wildman–Crippen LogP) is 1.64. The third-order valence-electron chi connectivity index (χ3n) is 3.89. The molecule has 1 unspecified atom stereocenters. The Morgan fingerprint density at radius 2 is 2.08 bits per heavy atom. The van der Waals surface area contributed by atoms with Gasteiger partial charge in [-0.1, -0.05) is 11.6 Å². The molecule has 1 aliphatic rings. The van der Waals surface area contributed by atoms with Crippen molar-refractivity contribution >= 4 is 27.4 Å². The molecule has 0 radical (unpaired) electrons. The Morgan fingerprint density at radius 3 is 2.77 bits per heavy atom. The Kier molecular flexibility index (Phi) is 7.40. The van der Waals surface area contributed by atoms with Crippen LogP contribution in [0.4, 0.5) is 0 Å². The van der Waals surface area contributed by atoms with E-state index in [-0.39, 0.29) is 11.8 Å². The zero-order chi connectivity index (χ0) is 19.2. The van der Waals surface area contributed by atoms with Crippen molar-refractivity contribution < 1.29 is 17.9 Å². The van der Waals surface area contributed by atoms with Crippen LogP contribution in [0.25, 0.3) is 0 Å². The Balaban J connectivity index is 1.83. The second-order valence-electron chi connectivity index (χ2n) is 6.31. The highest BCUT2D eigenvalue weighted by atomic mass is 35.5. The molecule has 0 amide bonds. The van der Waals surface area contributed by atoms with Gasteiger partial charge in [0.25, 0.3) is 0 Å². The lowest BCUT2D eigenvalue weighted by molar-refractivity contribution is 0.171. The van der Waals surface area contributed by atoms with E-state index >= 15 is 0 Å². The summed E-state index contributed by atoms with van der Waals surface area (Å²) in [4.78, 5) is 4.17. The molecule has 1 heterocycles. The molecule has 1 aromatic carbocycles. The summed E-state index contributed by atoms with van der Waals surface area (Å²) in [6, 6.07) is 3.81. The molecule has 0 bridgehead atoms. The number of hydrogen-bond acceptors (Lipinski definition) is 5. The molecule has 2 N–H and O–H groups in total. The summed E-state index contributed by atoms with van der Waals surface area (Å²) in [5, 5.41) is 6.96. The average Bonchev–Trinajstić information content (AvgIpc) is 2.58. The van der Waals surface area contributed by atoms with Gasteiger partial charge in [-0.3, -0.25) is 4.99 Å². The van der Waals surface area contributed by atoms with E-state index in [0.29, 0.717) is 48.7 Å². The summed E-state index contributed by atoms with van der Waals surface area (Å²) in [7, 11) is -1.28. The van der Waals surface area contributed by atoms with Gasteiger partial charge in [-0.15, -0.1) is 0 Å². The van der Waals surface area contributed by atoms with E-state index in [1.165, 1.54) is 6.26 Å². The molecule has 0 aromatic heterocycles. The largest absolute Gasteiger partial charge is 0.486 e. The van der Waals surface area contributed by atoms with Gasteiger partial charge < -0.3 is 20.1 Å². The fourth-order valence-corrected chi connectivity index (χ4v) is 3.59. The number of hydrogen-bond donors (Lipinski definition) is 2. The summed E-state index contributed by atoms with van der Waals surface area (Å²) in [5.74, 6) is 2.06. The van der Waals surface area contributed by atoms with Crippen molar-refractivity contribution in [1.29, 1.82) is 0 Å². The minimum atomic E-state index is -2.96. The molecule has 0 spiro atoms. The maximum Gasteiger partial charge on any atom is 0.191 e. The highest BCUT2D eigenvalue weighted by molar-refractivity contribution is 7.90. The molecule has 1 aromatic rings. The molecule has 0 saturated heterocycles. The number of aliphatic imine (C=N–C) groups is 1. The van der Waals surface area contributed by atoms with Gasteiger partial charge >= 0.3 is 0 Å². The third-order valence-corrected chi connectivity index (χ3v) is 5.15. The lowest BCUT2D eigenvalue weighted by Gasteiger charge is -2.20. The van der Waals surface area contributed by atoms with Gasteiger partial charge in [0, 0.05) is 25.9 Å². The van der Waals surface area contributed by atoms with Gasteiger partial charge in [0.2, 0.25) is 0 Å². The number of nitrogens with zero attached hydrogens (tertiary/aromatic N) is 1. The fraction of sp³-hybridized carbons (Fsp3) is 0.588. The molecule has 26 heavy (non-hydrogen) atoms. The van der Waals surface area contributed by atoms with E-state index in [2.05, 4.69) is 15.6 Å². The molecule has 146 valence electrons. The van der Waals surface area contributed by atoms with E-state index in [0.717, 1.165) is 12.0 Å². The molecule has 9 heteroatoms. The lowest BCUT2D eigenvalue weighted by atomic mass is 10.1. The summed E-state index contributed by atoms with van der Waals surface area (Å²) >= 11 is 6.25. The third kappa shape index (κ3) is 6.57. The Hall–Kier alpha value is -1.67. The van der Waals surface area contributed by atoms with Crippen LogP contribution in [-0.2, 0) is 16.3 Å². The monoisotopic (exact) mass is 403 g/mol. The van der Waals surface area contributed by atoms with Crippen LogP contribution in [0.3, 0.4) is 0 Å². The normalized spacial score (nSPS) is 15.5. The lowest BCUT2D eigenvalue weighted by Crippen LogP contribution is -2.43. The quantitative estimate of drug-likeness (QED) is 0.531. The van der Waals surface area contributed by atoms with E-state index in [1.54, 1.807) is 7.05 Å². The van der Waals surface area contributed by atoms with Crippen LogP contribution < -0.4 is 20.1 Å². The first kappa shape index (κ1) is 20.6. The van der Waals surface area contributed by atoms with Crippen LogP contribution in [-0.4, -0.2) is 59.2 Å². The van der Waals surface area contributed by atoms with Crippen LogP contribution >= 0.6 is 11.6 Å². The number of nitrogens with one attached hydrogen (secondary N) is 2. The van der Waals surface area contributed by atoms with Crippen molar-refractivity contribution in [3.63, 3.8) is 0 Å². The average molecular weight is 404 g/mol. The van der Waals surface area contributed by atoms with Gasteiger partial charge in [-0.2, -0.15) is 0 Å². The highest BCUT2D eigenvalue weighted by Gasteiger charge is 2.16. The van der Waals surface area contributed by atoms with Gasteiger partial charge in [0.15, 0.2) is 17.5 Å². The van der Waals surface area contributed by atoms with Crippen molar-refractivity contribution in [2.75, 3.05) is 38.8 Å². The van der Waals surface area contributed by atoms with Gasteiger partial charge in [-0.05, 0) is 37.5 Å². The maximum atomic E-state index is 11.2. The SMILES string of the molecule is CN=C(NCCc1cc(Cl)c2c(c1)OCCO2)NC(C)CCS(C)(=O)=O. The number of ether oxygens (including phenoxy) is 2. The molecule has 0 fully saturated rings. The molecule has 0 aliphatic carbocycles. The smallest absolute Gasteiger partial charge is 0.191 e. The maximum absolute atomic E-state index is 11.2. The number of sulfone groups is 1. The standard InChI is InChI=1S/C17H26ClN3O4S/c1-12(5-9-26(3,22)23)21-17(19-2)20-6-4-13-10-14(18)16-15(11-13)24-7-8-25-16/h10-12H,4-9H2,1-3H3,(H2,19,20,21). The van der Waals surface area contributed by atoms with Crippen molar-refractivity contribution in [2.24, 2.45) is 4.99 Å². The molecule has 7 nitrogen and oxygen atoms in total. The number of benzene rings is 1. The minimum Gasteiger partial charge on any atom is -0.486 e. The van der Waals surface area contributed by atoms with Crippen LogP contribution in [0.15, 0.2) is 17.1 Å². The van der Waals surface area contributed by atoms with E-state index in [4.69, 9.17) is 21.1 Å². The topological polar surface area (TPSA) is 89.0 Å². The van der Waals surface area contributed by atoms with Gasteiger partial charge in [0.05, 0.1) is 10.8 Å². The Morgan fingerprint density at radius 1 is 1.35 bits per heavy atom. The van der Waals surface area contributed by atoms with Crippen LogP contribution in [0.1, 0.15) is 18.9 Å². The second-order valence-corrected chi connectivity index (χ2v) is 8.98. The molecular weight excluding hydrogens is 378 g/mol. The first-order chi connectivity index (χ1) is 12.3. The van der Waals surface area contributed by atoms with Crippen LogP contribution in [0, 0.1) is 0 Å². The van der Waals surface area contributed by atoms with Crippen molar-refractivity contribution in [1.82, 2.24) is 10.6 Å². The summed E-state index contributed by atoms with van der Waals surface area (Å²) < 4.78 is 33.6. The van der Waals surface area contributed by atoms with Gasteiger partial charge in [0.1, 0.15) is 23.1 Å². The summed E-state index contributed by atoms with van der Waals surface area (Å²) in [6.07, 6.45) is 2.50. The van der Waals surface area contributed by atoms with E-state index in [1.807, 2.05) is 19.1 Å². The Labute approximate surface area is 160 Å². The van der Waals surface area contributed by atoms with E-state index in [9.17, 15) is 8.42 Å². The number of rotatable bonds is 7. The number of halogens is 1. The second kappa shape index (κ2) is 9.32. The van der Waals surface area contributed by atoms with Crippen molar-refractivity contribution in [3.8, 4) is 11.5 Å². The van der Waals surface area contributed by atoms with E-state index < -0.39 is 9.84 Å². The first-order valence-electron chi connectivity index (χ1n) is 8.51. The minimum absolute atomic E-state index is 0.000312. The molecule has 2 rings (SSSR count). The van der Waals surface area contributed by atoms with Crippen molar-refractivity contribution in [3.05, 3.63) is 22.7 Å². The predicted molar refractivity (Wildman–Crippen MR) is 104 cm³/mol.